The summed E-state index contributed by atoms with van der Waals surface area (Å²) in [6.07, 6.45) is 1.23. The van der Waals surface area contributed by atoms with Crippen LogP contribution >= 0.6 is 11.6 Å². The van der Waals surface area contributed by atoms with Gasteiger partial charge in [0.1, 0.15) is 5.15 Å². The van der Waals surface area contributed by atoms with E-state index in [9.17, 15) is 0 Å². The fourth-order valence-corrected chi connectivity index (χ4v) is 3.08. The molecule has 0 spiro atoms. The van der Waals surface area contributed by atoms with E-state index in [1.807, 2.05) is 14.0 Å². The van der Waals surface area contributed by atoms with Crippen LogP contribution in [0, 0.1) is 12.8 Å². The maximum absolute atomic E-state index is 6.31. The number of aromatic nitrogens is 2. The third-order valence-corrected chi connectivity index (χ3v) is 4.22. The van der Waals surface area contributed by atoms with Gasteiger partial charge in [0.15, 0.2) is 0 Å². The third-order valence-electron chi connectivity index (χ3n) is 3.75. The van der Waals surface area contributed by atoms with Crippen LogP contribution in [0.15, 0.2) is 0 Å². The fraction of sp³-hybridized carbons (Fsp3) is 0.786. The van der Waals surface area contributed by atoms with E-state index in [2.05, 4.69) is 29.2 Å². The molecule has 2 heterocycles. The van der Waals surface area contributed by atoms with E-state index < -0.39 is 0 Å². The average molecular weight is 285 g/mol. The van der Waals surface area contributed by atoms with Gasteiger partial charge in [-0.15, -0.1) is 0 Å². The summed E-state index contributed by atoms with van der Waals surface area (Å²) in [6.45, 7) is 10.8. The Labute approximate surface area is 121 Å². The van der Waals surface area contributed by atoms with Crippen molar-refractivity contribution in [2.24, 2.45) is 13.0 Å². The Bertz CT molecular complexity index is 427. The Balaban J connectivity index is 1.98. The summed E-state index contributed by atoms with van der Waals surface area (Å²) in [5.41, 5.74) is 2.22. The summed E-state index contributed by atoms with van der Waals surface area (Å²) in [4.78, 5) is 2.49. The lowest BCUT2D eigenvalue weighted by atomic mass is 10.0. The number of rotatable bonds is 4. The first-order valence-corrected chi connectivity index (χ1v) is 7.49. The van der Waals surface area contributed by atoms with Crippen LogP contribution in [-0.2, 0) is 13.6 Å². The molecule has 1 atom stereocenters. The Morgan fingerprint density at radius 1 is 1.47 bits per heavy atom. The maximum Gasteiger partial charge on any atom is 0.131 e. The molecule has 2 rings (SSSR count). The summed E-state index contributed by atoms with van der Waals surface area (Å²) in [5, 5.41) is 8.77. The number of nitrogens with zero attached hydrogens (tertiary/aromatic N) is 3. The standard InChI is InChI=1S/C14H25ClN4/c1-10(2)7-12-8-19(6-5-16-12)9-13-11(3)17-18(4)14(13)15/h10,12,16H,5-9H2,1-4H3. The molecule has 1 unspecified atom stereocenters. The molecule has 1 saturated heterocycles. The van der Waals surface area contributed by atoms with Gasteiger partial charge in [-0.3, -0.25) is 9.58 Å². The number of hydrogen-bond donors (Lipinski definition) is 1. The van der Waals surface area contributed by atoms with E-state index in [4.69, 9.17) is 11.6 Å². The maximum atomic E-state index is 6.31. The first kappa shape index (κ1) is 14.8. The molecular formula is C14H25ClN4. The van der Waals surface area contributed by atoms with Crippen molar-refractivity contribution >= 4 is 11.6 Å². The topological polar surface area (TPSA) is 33.1 Å². The molecule has 0 radical (unpaired) electrons. The van der Waals surface area contributed by atoms with Gasteiger partial charge < -0.3 is 5.32 Å². The molecule has 19 heavy (non-hydrogen) atoms. The second kappa shape index (κ2) is 6.25. The molecule has 1 aromatic heterocycles. The highest BCUT2D eigenvalue weighted by Crippen LogP contribution is 2.21. The first-order valence-electron chi connectivity index (χ1n) is 7.11. The molecule has 108 valence electrons. The number of piperazine rings is 1. The van der Waals surface area contributed by atoms with Crippen LogP contribution in [0.3, 0.4) is 0 Å². The number of hydrogen-bond acceptors (Lipinski definition) is 3. The van der Waals surface area contributed by atoms with Crippen molar-refractivity contribution in [3.05, 3.63) is 16.4 Å². The van der Waals surface area contributed by atoms with Crippen molar-refractivity contribution in [1.29, 1.82) is 0 Å². The Hall–Kier alpha value is -0.580. The largest absolute Gasteiger partial charge is 0.311 e. The van der Waals surface area contributed by atoms with Crippen LogP contribution in [0.1, 0.15) is 31.5 Å². The summed E-state index contributed by atoms with van der Waals surface area (Å²) < 4.78 is 1.76. The lowest BCUT2D eigenvalue weighted by Gasteiger charge is -2.34. The fourth-order valence-electron chi connectivity index (χ4n) is 2.84. The van der Waals surface area contributed by atoms with E-state index >= 15 is 0 Å². The van der Waals surface area contributed by atoms with Crippen LogP contribution in [0.5, 0.6) is 0 Å². The average Bonchev–Trinajstić information content (AvgIpc) is 2.56. The van der Waals surface area contributed by atoms with E-state index in [0.717, 1.165) is 42.9 Å². The van der Waals surface area contributed by atoms with Crippen molar-refractivity contribution in [3.8, 4) is 0 Å². The van der Waals surface area contributed by atoms with Gasteiger partial charge in [-0.1, -0.05) is 25.4 Å². The van der Waals surface area contributed by atoms with E-state index in [-0.39, 0.29) is 0 Å². The van der Waals surface area contributed by atoms with Crippen molar-refractivity contribution in [1.82, 2.24) is 20.0 Å². The van der Waals surface area contributed by atoms with Gasteiger partial charge in [0.2, 0.25) is 0 Å². The molecule has 1 N–H and O–H groups in total. The Morgan fingerprint density at radius 2 is 2.21 bits per heavy atom. The highest BCUT2D eigenvalue weighted by Gasteiger charge is 2.22. The normalized spacial score (nSPS) is 21.3. The van der Waals surface area contributed by atoms with Crippen LogP contribution in [0.25, 0.3) is 0 Å². The van der Waals surface area contributed by atoms with Crippen molar-refractivity contribution in [2.45, 2.75) is 39.8 Å². The van der Waals surface area contributed by atoms with Crippen LogP contribution < -0.4 is 5.32 Å². The van der Waals surface area contributed by atoms with Crippen LogP contribution in [0.4, 0.5) is 0 Å². The van der Waals surface area contributed by atoms with Gasteiger partial charge in [0.05, 0.1) is 5.69 Å². The van der Waals surface area contributed by atoms with Crippen molar-refractivity contribution < 1.29 is 0 Å². The highest BCUT2D eigenvalue weighted by molar-refractivity contribution is 6.30. The summed E-state index contributed by atoms with van der Waals surface area (Å²) in [5.74, 6) is 0.737. The molecule has 0 aliphatic carbocycles. The minimum atomic E-state index is 0.601. The second-order valence-corrected chi connectivity index (χ2v) is 6.35. The molecule has 1 aliphatic heterocycles. The third kappa shape index (κ3) is 3.71. The van der Waals surface area contributed by atoms with Gasteiger partial charge in [-0.25, -0.2) is 0 Å². The first-order chi connectivity index (χ1) is 8.97. The lowest BCUT2D eigenvalue weighted by molar-refractivity contribution is 0.179. The van der Waals surface area contributed by atoms with Crippen molar-refractivity contribution in [3.63, 3.8) is 0 Å². The molecule has 1 fully saturated rings. The van der Waals surface area contributed by atoms with Gasteiger partial charge in [0.25, 0.3) is 0 Å². The second-order valence-electron chi connectivity index (χ2n) is 5.99. The molecular weight excluding hydrogens is 260 g/mol. The molecule has 0 bridgehead atoms. The molecule has 0 aromatic carbocycles. The Morgan fingerprint density at radius 3 is 2.79 bits per heavy atom. The lowest BCUT2D eigenvalue weighted by Crippen LogP contribution is -2.50. The zero-order valence-corrected chi connectivity index (χ0v) is 13.2. The van der Waals surface area contributed by atoms with Gasteiger partial charge in [0, 0.05) is 44.8 Å². The van der Waals surface area contributed by atoms with Crippen LogP contribution in [0.2, 0.25) is 5.15 Å². The summed E-state index contributed by atoms with van der Waals surface area (Å²) in [6, 6.07) is 0.601. The monoisotopic (exact) mass is 284 g/mol. The molecule has 4 nitrogen and oxygen atoms in total. The minimum absolute atomic E-state index is 0.601. The number of aryl methyl sites for hydroxylation is 2. The van der Waals surface area contributed by atoms with Gasteiger partial charge in [-0.05, 0) is 19.3 Å². The highest BCUT2D eigenvalue weighted by atomic mass is 35.5. The molecule has 0 amide bonds. The smallest absolute Gasteiger partial charge is 0.131 e. The van der Waals surface area contributed by atoms with E-state index in [1.54, 1.807) is 4.68 Å². The predicted octanol–water partition coefficient (Wildman–Crippen LogP) is 2.20. The number of nitrogens with one attached hydrogen (secondary N) is 1. The Kier molecular flexibility index (Phi) is 4.87. The quantitative estimate of drug-likeness (QED) is 0.920. The zero-order valence-electron chi connectivity index (χ0n) is 12.4. The predicted molar refractivity (Wildman–Crippen MR) is 79.5 cm³/mol. The van der Waals surface area contributed by atoms with E-state index in [1.165, 1.54) is 12.0 Å². The van der Waals surface area contributed by atoms with Gasteiger partial charge in [-0.2, -0.15) is 5.10 Å². The minimum Gasteiger partial charge on any atom is -0.311 e. The zero-order chi connectivity index (χ0) is 14.0. The molecule has 1 aromatic rings. The molecule has 1 aliphatic rings. The summed E-state index contributed by atoms with van der Waals surface area (Å²) in [7, 11) is 1.90. The SMILES string of the molecule is Cc1nn(C)c(Cl)c1CN1CCNC(CC(C)C)C1. The van der Waals surface area contributed by atoms with Crippen LogP contribution in [-0.4, -0.2) is 40.4 Å². The van der Waals surface area contributed by atoms with E-state index in [0.29, 0.717) is 6.04 Å². The molecule has 0 saturated carbocycles. The number of halogens is 1. The van der Waals surface area contributed by atoms with Crippen molar-refractivity contribution in [2.75, 3.05) is 19.6 Å². The van der Waals surface area contributed by atoms with Gasteiger partial charge >= 0.3 is 0 Å². The summed E-state index contributed by atoms with van der Waals surface area (Å²) >= 11 is 6.31. The molecule has 5 heteroatoms.